The van der Waals surface area contributed by atoms with Crippen LogP contribution in [-0.4, -0.2) is 0 Å². The average molecular weight is 300 g/mol. The molecule has 2 nitrogen and oxygen atoms in total. The van der Waals surface area contributed by atoms with E-state index in [4.69, 9.17) is 5.84 Å². The van der Waals surface area contributed by atoms with E-state index in [2.05, 4.69) is 41.1 Å². The fourth-order valence-electron chi connectivity index (χ4n) is 3.06. The predicted molar refractivity (Wildman–Crippen MR) is 87.3 cm³/mol. The van der Waals surface area contributed by atoms with Gasteiger partial charge in [-0.25, -0.2) is 5.43 Å². The Morgan fingerprint density at radius 1 is 1.20 bits per heavy atom. The molecule has 0 spiro atoms. The molecule has 0 saturated carbocycles. The Hall–Kier alpha value is -1.20. The maximum absolute atomic E-state index is 5.88. The maximum Gasteiger partial charge on any atom is 0.0816 e. The van der Waals surface area contributed by atoms with Crippen LogP contribution in [0.25, 0.3) is 10.1 Å². The molecule has 3 N–H and O–H groups in total. The number of rotatable bonds is 3. The fraction of sp³-hybridized carbons (Fsp3) is 0.250. The number of benzene rings is 1. The summed E-state index contributed by atoms with van der Waals surface area (Å²) in [5, 5.41) is 3.45. The molecule has 0 aliphatic heterocycles. The van der Waals surface area contributed by atoms with Crippen molar-refractivity contribution < 1.29 is 0 Å². The van der Waals surface area contributed by atoms with E-state index in [-0.39, 0.29) is 6.04 Å². The molecule has 0 amide bonds. The Kier molecular flexibility index (Phi) is 3.11. The zero-order valence-electron chi connectivity index (χ0n) is 11.1. The minimum atomic E-state index is 0.105. The van der Waals surface area contributed by atoms with Crippen molar-refractivity contribution in [1.82, 2.24) is 5.43 Å². The third kappa shape index (κ3) is 1.91. The first-order valence-electron chi connectivity index (χ1n) is 6.90. The molecule has 3 aromatic rings. The standard InChI is InChI=1S/C16H16N2S2/c17-18-15(14-9-11-4-2-6-13(11)20-14)12-5-1-3-10-7-8-19-16(10)12/h1,3,5,7-9,15,18H,2,4,6,17H2. The third-order valence-corrected chi connectivity index (χ3v) is 6.32. The van der Waals surface area contributed by atoms with E-state index in [0.717, 1.165) is 0 Å². The summed E-state index contributed by atoms with van der Waals surface area (Å²) in [6, 6.07) is 11.1. The van der Waals surface area contributed by atoms with Crippen LogP contribution in [0, 0.1) is 0 Å². The number of hydrogen-bond acceptors (Lipinski definition) is 4. The number of thiophene rings is 2. The molecule has 0 bridgehead atoms. The molecule has 0 radical (unpaired) electrons. The molecule has 0 saturated heterocycles. The van der Waals surface area contributed by atoms with Gasteiger partial charge in [-0.2, -0.15) is 0 Å². The van der Waals surface area contributed by atoms with Crippen LogP contribution in [0.5, 0.6) is 0 Å². The molecule has 2 aromatic heterocycles. The molecular weight excluding hydrogens is 284 g/mol. The van der Waals surface area contributed by atoms with Crippen LogP contribution < -0.4 is 11.3 Å². The number of aryl methyl sites for hydroxylation is 2. The Morgan fingerprint density at radius 3 is 3.00 bits per heavy atom. The van der Waals surface area contributed by atoms with E-state index in [1.54, 1.807) is 16.2 Å². The molecule has 20 heavy (non-hydrogen) atoms. The lowest BCUT2D eigenvalue weighted by atomic mass is 10.0. The normalized spacial score (nSPS) is 15.7. The van der Waals surface area contributed by atoms with Crippen molar-refractivity contribution in [3.05, 3.63) is 56.6 Å². The molecule has 1 aromatic carbocycles. The highest BCUT2D eigenvalue weighted by molar-refractivity contribution is 7.17. The molecule has 4 rings (SSSR count). The first-order valence-corrected chi connectivity index (χ1v) is 8.60. The van der Waals surface area contributed by atoms with Gasteiger partial charge in [0.25, 0.3) is 0 Å². The van der Waals surface area contributed by atoms with E-state index in [1.165, 1.54) is 45.4 Å². The molecule has 0 fully saturated rings. The highest BCUT2D eigenvalue weighted by atomic mass is 32.1. The van der Waals surface area contributed by atoms with Crippen LogP contribution in [0.1, 0.15) is 33.3 Å². The second kappa shape index (κ2) is 4.97. The van der Waals surface area contributed by atoms with Crippen LogP contribution in [0.4, 0.5) is 0 Å². The summed E-state index contributed by atoms with van der Waals surface area (Å²) in [4.78, 5) is 2.90. The van der Waals surface area contributed by atoms with Crippen molar-refractivity contribution in [2.24, 2.45) is 5.84 Å². The van der Waals surface area contributed by atoms with E-state index in [1.807, 2.05) is 11.3 Å². The first kappa shape index (κ1) is 12.5. The third-order valence-electron chi connectivity index (χ3n) is 4.04. The van der Waals surface area contributed by atoms with Gasteiger partial charge in [0, 0.05) is 14.5 Å². The van der Waals surface area contributed by atoms with Crippen LogP contribution >= 0.6 is 22.7 Å². The van der Waals surface area contributed by atoms with Gasteiger partial charge in [-0.1, -0.05) is 18.2 Å². The number of nitrogens with one attached hydrogen (secondary N) is 1. The summed E-state index contributed by atoms with van der Waals surface area (Å²) in [5.74, 6) is 5.88. The lowest BCUT2D eigenvalue weighted by molar-refractivity contribution is 0.650. The van der Waals surface area contributed by atoms with Gasteiger partial charge in [0.05, 0.1) is 6.04 Å². The summed E-state index contributed by atoms with van der Waals surface area (Å²) in [6.45, 7) is 0. The zero-order chi connectivity index (χ0) is 13.5. The lowest BCUT2D eigenvalue weighted by Gasteiger charge is -2.16. The van der Waals surface area contributed by atoms with E-state index in [9.17, 15) is 0 Å². The van der Waals surface area contributed by atoms with Gasteiger partial charge in [-0.05, 0) is 53.3 Å². The summed E-state index contributed by atoms with van der Waals surface area (Å²) < 4.78 is 1.34. The first-order chi connectivity index (χ1) is 9.86. The molecule has 4 heteroatoms. The molecule has 1 atom stereocenters. The van der Waals surface area contributed by atoms with Crippen LogP contribution in [0.2, 0.25) is 0 Å². The van der Waals surface area contributed by atoms with Crippen LogP contribution in [0.3, 0.4) is 0 Å². The van der Waals surface area contributed by atoms with E-state index in [0.29, 0.717) is 0 Å². The van der Waals surface area contributed by atoms with Gasteiger partial charge < -0.3 is 0 Å². The van der Waals surface area contributed by atoms with Crippen molar-refractivity contribution in [1.29, 1.82) is 0 Å². The molecular formula is C16H16N2S2. The maximum atomic E-state index is 5.88. The fourth-order valence-corrected chi connectivity index (χ4v) is 5.34. The Bertz CT molecular complexity index is 735. The van der Waals surface area contributed by atoms with Crippen molar-refractivity contribution in [2.75, 3.05) is 0 Å². The van der Waals surface area contributed by atoms with Gasteiger partial charge in [0.2, 0.25) is 0 Å². The van der Waals surface area contributed by atoms with Crippen molar-refractivity contribution in [3.8, 4) is 0 Å². The Labute approximate surface area is 126 Å². The number of hydrazine groups is 1. The summed E-state index contributed by atoms with van der Waals surface area (Å²) in [6.07, 6.45) is 3.77. The number of hydrogen-bond donors (Lipinski definition) is 2. The molecule has 1 aliphatic rings. The summed E-state index contributed by atoms with van der Waals surface area (Å²) in [7, 11) is 0. The van der Waals surface area contributed by atoms with Crippen molar-refractivity contribution in [3.63, 3.8) is 0 Å². The Balaban J connectivity index is 1.82. The van der Waals surface area contributed by atoms with Gasteiger partial charge in [0.15, 0.2) is 0 Å². The largest absolute Gasteiger partial charge is 0.271 e. The van der Waals surface area contributed by atoms with Gasteiger partial charge >= 0.3 is 0 Å². The minimum Gasteiger partial charge on any atom is -0.271 e. The molecule has 2 heterocycles. The molecule has 1 aliphatic carbocycles. The van der Waals surface area contributed by atoms with E-state index >= 15 is 0 Å². The van der Waals surface area contributed by atoms with Crippen molar-refractivity contribution >= 4 is 32.8 Å². The van der Waals surface area contributed by atoms with Crippen LogP contribution in [-0.2, 0) is 12.8 Å². The summed E-state index contributed by atoms with van der Waals surface area (Å²) in [5.41, 5.74) is 5.85. The lowest BCUT2D eigenvalue weighted by Crippen LogP contribution is -2.28. The Morgan fingerprint density at radius 2 is 2.15 bits per heavy atom. The monoisotopic (exact) mass is 300 g/mol. The quantitative estimate of drug-likeness (QED) is 0.566. The SMILES string of the molecule is NNC(c1cc2c(s1)CCC2)c1cccc2ccsc12. The highest BCUT2D eigenvalue weighted by Crippen LogP contribution is 2.38. The second-order valence-electron chi connectivity index (χ2n) is 5.24. The van der Waals surface area contributed by atoms with E-state index < -0.39 is 0 Å². The topological polar surface area (TPSA) is 38.0 Å². The van der Waals surface area contributed by atoms with Crippen LogP contribution in [0.15, 0.2) is 35.7 Å². The summed E-state index contributed by atoms with van der Waals surface area (Å²) >= 11 is 3.71. The average Bonchev–Trinajstić information content (AvgIpc) is 3.14. The smallest absolute Gasteiger partial charge is 0.0816 e. The van der Waals surface area contributed by atoms with Crippen molar-refractivity contribution in [2.45, 2.75) is 25.3 Å². The molecule has 1 unspecified atom stereocenters. The van der Waals surface area contributed by atoms with Gasteiger partial charge in [-0.15, -0.1) is 22.7 Å². The number of fused-ring (bicyclic) bond motifs is 2. The number of nitrogens with two attached hydrogens (primary N) is 1. The molecule has 102 valence electrons. The minimum absolute atomic E-state index is 0.105. The second-order valence-corrected chi connectivity index (χ2v) is 7.32. The zero-order valence-corrected chi connectivity index (χ0v) is 12.7. The predicted octanol–water partition coefficient (Wildman–Crippen LogP) is 4.00. The van der Waals surface area contributed by atoms with Gasteiger partial charge in [0.1, 0.15) is 0 Å². The van der Waals surface area contributed by atoms with Gasteiger partial charge in [-0.3, -0.25) is 5.84 Å². The highest BCUT2D eigenvalue weighted by Gasteiger charge is 2.22.